The highest BCUT2D eigenvalue weighted by molar-refractivity contribution is 5.74. The Balaban J connectivity index is 0.000000238. The van der Waals surface area contributed by atoms with E-state index in [1.807, 2.05) is 122 Å². The highest BCUT2D eigenvalue weighted by Gasteiger charge is 2.24. The fraction of sp³-hybridized carbons (Fsp3) is 0.574. The van der Waals surface area contributed by atoms with Crippen molar-refractivity contribution in [2.24, 2.45) is 5.92 Å². The number of benzene rings is 4. The molecular weight excluding hydrogens is 953 g/mol. The number of piperidine rings is 1. The van der Waals surface area contributed by atoms with Crippen LogP contribution in [-0.2, 0) is 32.2 Å². The molecular formula is C61H91F2N5O7. The third kappa shape index (κ3) is 27.5. The van der Waals surface area contributed by atoms with Gasteiger partial charge in [-0.05, 0) is 219 Å². The minimum absolute atomic E-state index is 0.0244. The zero-order valence-electron chi connectivity index (χ0n) is 47.8. The second-order valence-electron chi connectivity index (χ2n) is 21.8. The number of aromatic nitrogens is 2. The summed E-state index contributed by atoms with van der Waals surface area (Å²) in [5, 5.41) is 13.5. The summed E-state index contributed by atoms with van der Waals surface area (Å²) in [5.74, 6) is 4.06. The molecule has 8 rings (SSSR count). The summed E-state index contributed by atoms with van der Waals surface area (Å²) < 4.78 is 63.6. The molecule has 1 aromatic heterocycles. The van der Waals surface area contributed by atoms with Gasteiger partial charge in [-0.15, -0.1) is 6.42 Å². The predicted molar refractivity (Wildman–Crippen MR) is 300 cm³/mol. The number of nitrogens with one attached hydrogen (secondary N) is 2. The number of fused-ring (bicyclic) bond motifs is 2. The topological polar surface area (TPSA) is 122 Å². The largest absolute Gasteiger partial charge is 0.491 e. The van der Waals surface area contributed by atoms with Crippen molar-refractivity contribution in [3.8, 4) is 23.8 Å². The molecule has 0 radical (unpaired) electrons. The molecule has 5 aromatic rings. The van der Waals surface area contributed by atoms with Crippen molar-refractivity contribution in [3.05, 3.63) is 113 Å². The van der Waals surface area contributed by atoms with E-state index < -0.39 is 11.6 Å². The lowest BCUT2D eigenvalue weighted by atomic mass is 9.95. The number of likely N-dealkylation sites (tertiary alicyclic amines) is 1. The molecule has 0 spiro atoms. The second-order valence-corrected chi connectivity index (χ2v) is 21.8. The van der Waals surface area contributed by atoms with Crippen molar-refractivity contribution in [3.63, 3.8) is 0 Å². The summed E-state index contributed by atoms with van der Waals surface area (Å²) in [4.78, 5) is 2.55. The highest BCUT2D eigenvalue weighted by atomic mass is 19.1. The van der Waals surface area contributed by atoms with Gasteiger partial charge < -0.3 is 39.1 Å². The van der Waals surface area contributed by atoms with Gasteiger partial charge in [-0.3, -0.25) is 4.90 Å². The number of terminal acetylenes is 1. The number of nitrogens with zero attached hydrogens (tertiary/aromatic N) is 3. The Morgan fingerprint density at radius 3 is 1.96 bits per heavy atom. The van der Waals surface area contributed by atoms with E-state index in [1.165, 1.54) is 76.5 Å². The van der Waals surface area contributed by atoms with Crippen molar-refractivity contribution < 1.29 is 41.8 Å². The summed E-state index contributed by atoms with van der Waals surface area (Å²) in [6.45, 7) is 36.5. The molecule has 2 saturated heterocycles. The first-order valence-corrected chi connectivity index (χ1v) is 26.9. The summed E-state index contributed by atoms with van der Waals surface area (Å²) in [7, 11) is 0. The zero-order valence-corrected chi connectivity index (χ0v) is 47.8. The molecule has 0 saturated carbocycles. The van der Waals surface area contributed by atoms with Gasteiger partial charge in [-0.1, -0.05) is 42.3 Å². The molecule has 0 aliphatic carbocycles. The molecule has 3 aliphatic heterocycles. The fourth-order valence-corrected chi connectivity index (χ4v) is 7.53. The molecule has 2 N–H and O–H groups in total. The highest BCUT2D eigenvalue weighted by Crippen LogP contribution is 2.26. The Bertz CT molecular complexity index is 2320. The van der Waals surface area contributed by atoms with Crippen LogP contribution in [0.2, 0.25) is 0 Å². The van der Waals surface area contributed by atoms with Gasteiger partial charge in [0.05, 0.1) is 37.1 Å². The zero-order chi connectivity index (χ0) is 55.4. The van der Waals surface area contributed by atoms with E-state index in [1.54, 1.807) is 0 Å². The first kappa shape index (κ1) is 64.1. The van der Waals surface area contributed by atoms with Crippen molar-refractivity contribution >= 4 is 16.7 Å². The van der Waals surface area contributed by atoms with Gasteiger partial charge in [0.25, 0.3) is 0 Å². The van der Waals surface area contributed by atoms with Crippen LogP contribution in [0, 0.1) is 29.9 Å². The maximum atomic E-state index is 12.9. The molecule has 14 heteroatoms. The summed E-state index contributed by atoms with van der Waals surface area (Å²) >= 11 is 0. The van der Waals surface area contributed by atoms with Gasteiger partial charge in [-0.25, -0.2) is 13.4 Å². The number of rotatable bonds is 13. The third-order valence-electron chi connectivity index (χ3n) is 11.5. The summed E-state index contributed by atoms with van der Waals surface area (Å²) in [5.41, 5.74) is 5.03. The molecule has 0 amide bonds. The summed E-state index contributed by atoms with van der Waals surface area (Å²) in [6, 6.07) is 25.1. The van der Waals surface area contributed by atoms with Crippen molar-refractivity contribution in [1.82, 2.24) is 20.5 Å². The van der Waals surface area contributed by atoms with Crippen LogP contribution in [0.1, 0.15) is 146 Å². The van der Waals surface area contributed by atoms with E-state index in [0.717, 1.165) is 51.7 Å². The maximum Gasteiger partial charge on any atom is 0.223 e. The number of ether oxygens (including phenoxy) is 6. The smallest absolute Gasteiger partial charge is 0.223 e. The van der Waals surface area contributed by atoms with E-state index in [9.17, 15) is 8.78 Å². The van der Waals surface area contributed by atoms with Crippen molar-refractivity contribution in [2.75, 3.05) is 44.7 Å². The van der Waals surface area contributed by atoms with E-state index in [4.69, 9.17) is 34.8 Å². The van der Waals surface area contributed by atoms with Gasteiger partial charge >= 0.3 is 0 Å². The van der Waals surface area contributed by atoms with Crippen LogP contribution in [0.25, 0.3) is 11.0 Å². The minimum atomic E-state index is -0.552. The van der Waals surface area contributed by atoms with Gasteiger partial charge in [0.2, 0.25) is 6.29 Å². The molecule has 3 aliphatic rings. The van der Waals surface area contributed by atoms with Gasteiger partial charge in [0.1, 0.15) is 46.5 Å². The van der Waals surface area contributed by atoms with E-state index >= 15 is 0 Å². The molecule has 4 heterocycles. The van der Waals surface area contributed by atoms with Crippen LogP contribution >= 0.6 is 0 Å². The van der Waals surface area contributed by atoms with E-state index in [2.05, 4.69) is 77.9 Å². The van der Waals surface area contributed by atoms with Crippen molar-refractivity contribution in [2.45, 2.75) is 184 Å². The number of halogens is 2. The quantitative estimate of drug-likeness (QED) is 0.109. The van der Waals surface area contributed by atoms with Crippen LogP contribution in [0.5, 0.6) is 11.5 Å². The van der Waals surface area contributed by atoms with E-state index in [0.29, 0.717) is 25.4 Å². The first-order chi connectivity index (χ1) is 35.5. The molecule has 1 unspecified atom stereocenters. The predicted octanol–water partition coefficient (Wildman–Crippen LogP) is 13.8. The van der Waals surface area contributed by atoms with Crippen LogP contribution in [0.4, 0.5) is 14.5 Å². The lowest BCUT2D eigenvalue weighted by Gasteiger charge is -2.31. The standard InChI is InChI=1S/C12H16O3.C12H14O.C11H23NO.C9H11F2N.C9H10N2O2.C8H17N/c1-9(2)13-8-12-14-7-10-5-3-4-6-11(10)15-12;1-4-11-5-7-12(8-6-11)9-13-10(2)3;1-11(2,3)13-9-6-10-4-7-12-8-5-10;1-6(2)12-9-7(10)4-3-5-8(9)11;1-6(2)12-7-3-4-8-9(5-7)11-13-10-8;1-8(2,3)9-6-4-5-7-9/h3-6,9,12H,7-8H2,1-2H3;1,5-8,10H,9H2,2-3H3;10,12H,4-9H2,1-3H3;3-6,12H,1-2H3;3-6H,1-2H3;4-7H2,1-3H3. The second kappa shape index (κ2) is 33.8. The van der Waals surface area contributed by atoms with Gasteiger partial charge in [0, 0.05) is 35.4 Å². The number of hydrogen-bond acceptors (Lipinski definition) is 12. The molecule has 0 bridgehead atoms. The third-order valence-corrected chi connectivity index (χ3v) is 11.5. The summed E-state index contributed by atoms with van der Waals surface area (Å²) in [6.07, 6.45) is 12.3. The van der Waals surface area contributed by atoms with Crippen LogP contribution < -0.4 is 20.1 Å². The average molecular weight is 1040 g/mol. The Hall–Kier alpha value is -5.14. The molecule has 4 aromatic carbocycles. The van der Waals surface area contributed by atoms with E-state index in [-0.39, 0.29) is 41.9 Å². The molecule has 75 heavy (non-hydrogen) atoms. The minimum Gasteiger partial charge on any atom is -0.491 e. The normalized spacial score (nSPS) is 15.6. The van der Waals surface area contributed by atoms with Gasteiger partial charge in [-0.2, -0.15) is 0 Å². The number of hydrogen-bond donors (Lipinski definition) is 2. The SMILES string of the molecule is C#Cc1ccc(COC(C)C)cc1.CC(C)(C)N1CCCC1.CC(C)(C)OCCC1CCNCC1.CC(C)Nc1c(F)cccc1F.CC(C)OCC1OCc2ccccc2O1.CC(C)Oc1ccc2nonc2c1. The van der Waals surface area contributed by atoms with Crippen LogP contribution in [-0.4, -0.2) is 96.4 Å². The van der Waals surface area contributed by atoms with Crippen LogP contribution in [0.15, 0.2) is 89.6 Å². The number of para-hydroxylation sites is 2. The Labute approximate surface area is 449 Å². The Morgan fingerprint density at radius 1 is 0.773 bits per heavy atom. The maximum absolute atomic E-state index is 12.9. The monoisotopic (exact) mass is 1040 g/mol. The molecule has 1 atom stereocenters. The first-order valence-electron chi connectivity index (χ1n) is 26.9. The van der Waals surface area contributed by atoms with Crippen molar-refractivity contribution in [1.29, 1.82) is 0 Å². The van der Waals surface area contributed by atoms with Gasteiger partial charge in [0.15, 0.2) is 0 Å². The lowest BCUT2D eigenvalue weighted by molar-refractivity contribution is -0.150. The molecule has 12 nitrogen and oxygen atoms in total. The molecule has 2 fully saturated rings. The fourth-order valence-electron chi connectivity index (χ4n) is 7.53. The average Bonchev–Trinajstić information content (AvgIpc) is 4.09. The Morgan fingerprint density at radius 2 is 1.40 bits per heavy atom. The lowest BCUT2D eigenvalue weighted by Crippen LogP contribution is -2.38. The van der Waals surface area contributed by atoms with Crippen LogP contribution in [0.3, 0.4) is 0 Å². The molecule has 416 valence electrons. The number of anilines is 1. The Kier molecular flexibility index (Phi) is 28.9.